The predicted octanol–water partition coefficient (Wildman–Crippen LogP) is 2.30. The van der Waals surface area contributed by atoms with E-state index in [0.717, 1.165) is 57.8 Å². The van der Waals surface area contributed by atoms with E-state index >= 15 is 0 Å². The Balaban J connectivity index is 1.26. The van der Waals surface area contributed by atoms with Crippen molar-refractivity contribution in [2.24, 2.45) is 11.3 Å². The first-order valence-corrected chi connectivity index (χ1v) is 10.1. The van der Waals surface area contributed by atoms with Crippen molar-refractivity contribution in [3.63, 3.8) is 0 Å². The highest BCUT2D eigenvalue weighted by Crippen LogP contribution is 2.42. The first kappa shape index (κ1) is 17.6. The molecule has 1 aliphatic carbocycles. The average Bonchev–Trinajstić information content (AvgIpc) is 3.35. The Morgan fingerprint density at radius 2 is 1.92 bits per heavy atom. The molecule has 26 heavy (non-hydrogen) atoms. The summed E-state index contributed by atoms with van der Waals surface area (Å²) in [5, 5.41) is 0. The van der Waals surface area contributed by atoms with Gasteiger partial charge in [-0.05, 0) is 49.9 Å². The molecule has 6 nitrogen and oxygen atoms in total. The molecule has 3 fully saturated rings. The van der Waals surface area contributed by atoms with E-state index in [0.29, 0.717) is 25.3 Å². The van der Waals surface area contributed by atoms with Crippen LogP contribution in [-0.2, 0) is 16.1 Å². The third-order valence-corrected chi connectivity index (χ3v) is 6.63. The zero-order valence-corrected chi connectivity index (χ0v) is 15.6. The van der Waals surface area contributed by atoms with Gasteiger partial charge in [-0.1, -0.05) is 0 Å². The van der Waals surface area contributed by atoms with Gasteiger partial charge in [-0.2, -0.15) is 0 Å². The van der Waals surface area contributed by atoms with Crippen molar-refractivity contribution in [1.29, 1.82) is 0 Å². The Bertz CT molecular complexity index is 630. The molecular weight excluding hydrogens is 328 g/mol. The lowest BCUT2D eigenvalue weighted by Crippen LogP contribution is -2.43. The van der Waals surface area contributed by atoms with E-state index in [-0.39, 0.29) is 11.3 Å². The van der Waals surface area contributed by atoms with Crippen LogP contribution in [0.25, 0.3) is 0 Å². The minimum atomic E-state index is 0.244. The van der Waals surface area contributed by atoms with Gasteiger partial charge in [-0.15, -0.1) is 0 Å². The van der Waals surface area contributed by atoms with E-state index in [2.05, 4.69) is 9.88 Å². The molecule has 6 heteroatoms. The quantitative estimate of drug-likeness (QED) is 0.811. The molecule has 0 aromatic carbocycles. The van der Waals surface area contributed by atoms with Gasteiger partial charge in [0.2, 0.25) is 11.8 Å². The summed E-state index contributed by atoms with van der Waals surface area (Å²) >= 11 is 0. The second-order valence-corrected chi connectivity index (χ2v) is 8.46. The van der Waals surface area contributed by atoms with Crippen LogP contribution in [0.5, 0.6) is 0 Å². The Labute approximate surface area is 155 Å². The van der Waals surface area contributed by atoms with Gasteiger partial charge in [0.05, 0.1) is 6.33 Å². The van der Waals surface area contributed by atoms with Gasteiger partial charge in [-0.3, -0.25) is 9.59 Å². The topological polar surface area (TPSA) is 58.4 Å². The normalized spacial score (nSPS) is 23.3. The van der Waals surface area contributed by atoms with Crippen LogP contribution in [0.2, 0.25) is 0 Å². The molecule has 142 valence electrons. The third-order valence-electron chi connectivity index (χ3n) is 6.63. The van der Waals surface area contributed by atoms with Crippen molar-refractivity contribution >= 4 is 11.8 Å². The fraction of sp³-hybridized carbons (Fsp3) is 0.750. The number of likely N-dealkylation sites (tertiary alicyclic amines) is 2. The lowest BCUT2D eigenvalue weighted by Gasteiger charge is -2.41. The minimum absolute atomic E-state index is 0.244. The van der Waals surface area contributed by atoms with E-state index in [4.69, 9.17) is 0 Å². The number of rotatable bonds is 5. The van der Waals surface area contributed by atoms with Crippen LogP contribution < -0.4 is 0 Å². The Hall–Kier alpha value is -1.85. The molecule has 0 N–H and O–H groups in total. The van der Waals surface area contributed by atoms with Gasteiger partial charge < -0.3 is 14.4 Å². The van der Waals surface area contributed by atoms with Crippen LogP contribution in [0.4, 0.5) is 0 Å². The van der Waals surface area contributed by atoms with Gasteiger partial charge in [0, 0.05) is 58.0 Å². The van der Waals surface area contributed by atoms with Crippen molar-refractivity contribution in [1.82, 2.24) is 19.4 Å². The first-order valence-electron chi connectivity index (χ1n) is 10.1. The number of nitrogens with zero attached hydrogens (tertiary/aromatic N) is 4. The van der Waals surface area contributed by atoms with Crippen LogP contribution >= 0.6 is 0 Å². The van der Waals surface area contributed by atoms with Crippen molar-refractivity contribution < 1.29 is 9.59 Å². The highest BCUT2D eigenvalue weighted by atomic mass is 16.2. The second kappa shape index (κ2) is 7.41. The molecule has 3 heterocycles. The maximum absolute atomic E-state index is 12.5. The molecular formula is C20H30N4O2. The molecule has 2 saturated heterocycles. The van der Waals surface area contributed by atoms with Crippen molar-refractivity contribution in [3.05, 3.63) is 18.7 Å². The number of hydrogen-bond acceptors (Lipinski definition) is 3. The Morgan fingerprint density at radius 3 is 2.62 bits per heavy atom. The molecule has 0 unspecified atom stereocenters. The summed E-state index contributed by atoms with van der Waals surface area (Å²) in [6.07, 6.45) is 13.4. The lowest BCUT2D eigenvalue weighted by atomic mass is 9.73. The summed E-state index contributed by atoms with van der Waals surface area (Å²) in [5.41, 5.74) is 0.273. The summed E-state index contributed by atoms with van der Waals surface area (Å²) in [5.74, 6) is 1.36. The van der Waals surface area contributed by atoms with Gasteiger partial charge in [0.15, 0.2) is 0 Å². The van der Waals surface area contributed by atoms with Gasteiger partial charge in [-0.25, -0.2) is 4.98 Å². The molecule has 4 rings (SSSR count). The fourth-order valence-electron chi connectivity index (χ4n) is 4.49. The molecule has 2 amide bonds. The van der Waals surface area contributed by atoms with Crippen LogP contribution in [0.15, 0.2) is 18.7 Å². The van der Waals surface area contributed by atoms with Crippen LogP contribution in [0.1, 0.15) is 51.4 Å². The van der Waals surface area contributed by atoms with Gasteiger partial charge in [0.1, 0.15) is 0 Å². The van der Waals surface area contributed by atoms with Crippen LogP contribution in [0.3, 0.4) is 0 Å². The highest BCUT2D eigenvalue weighted by Gasteiger charge is 2.39. The SMILES string of the molecule is O=C(CCn1ccnc1)N1CCC2(CCC(=O)N(CC3CC3)CC2)CC1. The average molecular weight is 358 g/mol. The molecule has 1 aromatic heterocycles. The minimum Gasteiger partial charge on any atom is -0.343 e. The highest BCUT2D eigenvalue weighted by molar-refractivity contribution is 5.77. The Morgan fingerprint density at radius 1 is 1.15 bits per heavy atom. The van der Waals surface area contributed by atoms with Crippen molar-refractivity contribution in [2.45, 2.75) is 57.9 Å². The number of carbonyl (C=O) groups excluding carboxylic acids is 2. The van der Waals surface area contributed by atoms with E-state index in [1.165, 1.54) is 12.8 Å². The number of carbonyl (C=O) groups is 2. The maximum atomic E-state index is 12.5. The standard InChI is InChI=1S/C20H30N4O2/c25-18-3-5-20(8-13-24(18)15-17-1-2-17)6-11-23(12-7-20)19(26)4-10-22-14-9-21-16-22/h9,14,16-17H,1-8,10-13,15H2. The number of aryl methyl sites for hydroxylation is 1. The van der Waals surface area contributed by atoms with E-state index in [1.807, 2.05) is 15.7 Å². The van der Waals surface area contributed by atoms with Crippen molar-refractivity contribution in [3.8, 4) is 0 Å². The molecule has 0 bridgehead atoms. The number of imidazole rings is 1. The van der Waals surface area contributed by atoms with Crippen LogP contribution in [-0.4, -0.2) is 57.3 Å². The number of hydrogen-bond donors (Lipinski definition) is 0. The summed E-state index contributed by atoms with van der Waals surface area (Å²) < 4.78 is 1.95. The molecule has 3 aliphatic rings. The summed E-state index contributed by atoms with van der Waals surface area (Å²) in [4.78, 5) is 33.1. The van der Waals surface area contributed by atoms with Crippen molar-refractivity contribution in [2.75, 3.05) is 26.2 Å². The summed E-state index contributed by atoms with van der Waals surface area (Å²) in [6, 6.07) is 0. The van der Waals surface area contributed by atoms with Gasteiger partial charge in [0.25, 0.3) is 0 Å². The molecule has 1 saturated carbocycles. The predicted molar refractivity (Wildman–Crippen MR) is 98.2 cm³/mol. The van der Waals surface area contributed by atoms with Gasteiger partial charge >= 0.3 is 0 Å². The van der Waals surface area contributed by atoms with E-state index < -0.39 is 0 Å². The number of amides is 2. The van der Waals surface area contributed by atoms with Crippen LogP contribution in [0, 0.1) is 11.3 Å². The smallest absolute Gasteiger partial charge is 0.224 e. The van der Waals surface area contributed by atoms with E-state index in [9.17, 15) is 9.59 Å². The molecule has 2 aliphatic heterocycles. The maximum Gasteiger partial charge on any atom is 0.224 e. The first-order chi connectivity index (χ1) is 12.6. The lowest BCUT2D eigenvalue weighted by molar-refractivity contribution is -0.134. The monoisotopic (exact) mass is 358 g/mol. The second-order valence-electron chi connectivity index (χ2n) is 8.46. The molecule has 1 aromatic rings. The fourth-order valence-corrected chi connectivity index (χ4v) is 4.49. The number of aromatic nitrogens is 2. The zero-order chi connectivity index (χ0) is 18.0. The molecule has 0 radical (unpaired) electrons. The summed E-state index contributed by atoms with van der Waals surface area (Å²) in [7, 11) is 0. The largest absolute Gasteiger partial charge is 0.343 e. The zero-order valence-electron chi connectivity index (χ0n) is 15.6. The number of piperidine rings is 1. The third kappa shape index (κ3) is 4.10. The summed E-state index contributed by atoms with van der Waals surface area (Å²) in [6.45, 7) is 4.29. The van der Waals surface area contributed by atoms with E-state index in [1.54, 1.807) is 12.5 Å². The Kier molecular flexibility index (Phi) is 5.00. The molecule has 1 spiro atoms. The molecule has 0 atom stereocenters.